The average molecular weight is 296 g/mol. The normalized spacial score (nSPS) is 11.5. The number of alkyl halides is 3. The van der Waals surface area contributed by atoms with E-state index in [1.807, 2.05) is 0 Å². The first-order chi connectivity index (χ1) is 9.71. The summed E-state index contributed by atoms with van der Waals surface area (Å²) in [5.74, 6) is -1.25. The van der Waals surface area contributed by atoms with E-state index in [1.165, 1.54) is 25.1 Å². The van der Waals surface area contributed by atoms with Gasteiger partial charge >= 0.3 is 6.18 Å². The molecule has 0 amide bonds. The highest BCUT2D eigenvalue weighted by atomic mass is 19.4. The Morgan fingerprint density at radius 2 is 1.76 bits per heavy atom. The van der Waals surface area contributed by atoms with Crippen LogP contribution in [0.3, 0.4) is 0 Å². The standard InChI is InChI=1S/C16H12F4O/c1-9-4-3-5-13(15(9)17)11-6-7-12(10(2)21)14(8-11)16(18,19)20/h3-8H,1-2H3. The fraction of sp³-hybridized carbons (Fsp3) is 0.188. The van der Waals surface area contributed by atoms with Crippen molar-refractivity contribution in [3.8, 4) is 11.1 Å². The molecule has 0 spiro atoms. The lowest BCUT2D eigenvalue weighted by atomic mass is 9.96. The predicted molar refractivity (Wildman–Crippen MR) is 71.6 cm³/mol. The summed E-state index contributed by atoms with van der Waals surface area (Å²) in [6.45, 7) is 2.60. The van der Waals surface area contributed by atoms with Crippen molar-refractivity contribution in [2.45, 2.75) is 20.0 Å². The Morgan fingerprint density at radius 3 is 2.33 bits per heavy atom. The molecular weight excluding hydrogens is 284 g/mol. The lowest BCUT2D eigenvalue weighted by Crippen LogP contribution is -2.12. The van der Waals surface area contributed by atoms with Crippen molar-refractivity contribution in [1.29, 1.82) is 0 Å². The molecule has 0 aliphatic rings. The van der Waals surface area contributed by atoms with E-state index in [1.54, 1.807) is 6.07 Å². The lowest BCUT2D eigenvalue weighted by Gasteiger charge is -2.14. The molecule has 110 valence electrons. The Morgan fingerprint density at radius 1 is 1.10 bits per heavy atom. The smallest absolute Gasteiger partial charge is 0.294 e. The van der Waals surface area contributed by atoms with Gasteiger partial charge in [-0.15, -0.1) is 0 Å². The third-order valence-corrected chi connectivity index (χ3v) is 3.21. The van der Waals surface area contributed by atoms with Crippen molar-refractivity contribution >= 4 is 5.78 Å². The van der Waals surface area contributed by atoms with Gasteiger partial charge in [0.05, 0.1) is 5.56 Å². The number of aryl methyl sites for hydroxylation is 1. The fourth-order valence-electron chi connectivity index (χ4n) is 2.12. The summed E-state index contributed by atoms with van der Waals surface area (Å²) >= 11 is 0. The van der Waals surface area contributed by atoms with Gasteiger partial charge in [-0.05, 0) is 31.0 Å². The number of hydrogen-bond acceptors (Lipinski definition) is 1. The highest BCUT2D eigenvalue weighted by Crippen LogP contribution is 2.36. The number of carbonyl (C=O) groups is 1. The lowest BCUT2D eigenvalue weighted by molar-refractivity contribution is -0.137. The van der Waals surface area contributed by atoms with Gasteiger partial charge in [0.25, 0.3) is 0 Å². The highest BCUT2D eigenvalue weighted by Gasteiger charge is 2.34. The zero-order valence-corrected chi connectivity index (χ0v) is 11.4. The number of benzene rings is 2. The first kappa shape index (κ1) is 15.2. The largest absolute Gasteiger partial charge is 0.417 e. The molecule has 2 aromatic carbocycles. The molecule has 2 rings (SSSR count). The number of halogens is 4. The monoisotopic (exact) mass is 296 g/mol. The maximum atomic E-state index is 14.0. The summed E-state index contributed by atoms with van der Waals surface area (Å²) in [6, 6.07) is 7.74. The number of ketones is 1. The molecule has 1 nitrogen and oxygen atoms in total. The van der Waals surface area contributed by atoms with Crippen molar-refractivity contribution in [3.63, 3.8) is 0 Å². The summed E-state index contributed by atoms with van der Waals surface area (Å²) in [4.78, 5) is 11.3. The van der Waals surface area contributed by atoms with Crippen LogP contribution in [0.5, 0.6) is 0 Å². The zero-order chi connectivity index (χ0) is 15.8. The van der Waals surface area contributed by atoms with E-state index < -0.39 is 28.9 Å². The van der Waals surface area contributed by atoms with E-state index >= 15 is 0 Å². The molecule has 0 saturated heterocycles. The van der Waals surface area contributed by atoms with E-state index in [2.05, 4.69) is 0 Å². The van der Waals surface area contributed by atoms with Gasteiger partial charge in [-0.3, -0.25) is 4.79 Å². The van der Waals surface area contributed by atoms with Crippen LogP contribution in [0, 0.1) is 12.7 Å². The van der Waals surface area contributed by atoms with Crippen LogP contribution < -0.4 is 0 Å². The van der Waals surface area contributed by atoms with Crippen LogP contribution in [0.4, 0.5) is 17.6 Å². The van der Waals surface area contributed by atoms with Crippen LogP contribution in [-0.4, -0.2) is 5.78 Å². The molecule has 2 aromatic rings. The van der Waals surface area contributed by atoms with Gasteiger partial charge in [0, 0.05) is 11.1 Å². The van der Waals surface area contributed by atoms with Gasteiger partial charge in [-0.1, -0.05) is 30.3 Å². The first-order valence-electron chi connectivity index (χ1n) is 6.19. The third-order valence-electron chi connectivity index (χ3n) is 3.21. The van der Waals surface area contributed by atoms with Crippen LogP contribution >= 0.6 is 0 Å². The van der Waals surface area contributed by atoms with E-state index in [0.717, 1.165) is 19.1 Å². The van der Waals surface area contributed by atoms with Gasteiger partial charge in [0.15, 0.2) is 5.78 Å². The number of hydrogen-bond donors (Lipinski definition) is 0. The van der Waals surface area contributed by atoms with Crippen molar-refractivity contribution < 1.29 is 22.4 Å². The Kier molecular flexibility index (Phi) is 3.85. The molecule has 0 aliphatic carbocycles. The molecule has 5 heteroatoms. The minimum Gasteiger partial charge on any atom is -0.294 e. The van der Waals surface area contributed by atoms with Gasteiger partial charge in [-0.2, -0.15) is 13.2 Å². The van der Waals surface area contributed by atoms with Crippen molar-refractivity contribution in [2.75, 3.05) is 0 Å². The molecule has 0 saturated carbocycles. The summed E-state index contributed by atoms with van der Waals surface area (Å²) in [7, 11) is 0. The fourth-order valence-corrected chi connectivity index (χ4v) is 2.12. The number of Topliss-reactive ketones (excluding diaryl/α,β-unsaturated/α-hetero) is 1. The Labute approximate surface area is 119 Å². The molecule has 0 radical (unpaired) electrons. The first-order valence-corrected chi connectivity index (χ1v) is 6.19. The molecule has 0 aromatic heterocycles. The molecule has 0 unspecified atom stereocenters. The van der Waals surface area contributed by atoms with Gasteiger partial charge in [0.2, 0.25) is 0 Å². The van der Waals surface area contributed by atoms with Crippen molar-refractivity contribution in [2.24, 2.45) is 0 Å². The molecule has 0 N–H and O–H groups in total. The Balaban J connectivity index is 2.68. The summed E-state index contributed by atoms with van der Waals surface area (Å²) in [5.41, 5.74) is -0.950. The zero-order valence-electron chi connectivity index (χ0n) is 11.4. The van der Waals surface area contributed by atoms with E-state index in [9.17, 15) is 22.4 Å². The van der Waals surface area contributed by atoms with Crippen molar-refractivity contribution in [3.05, 3.63) is 58.9 Å². The third kappa shape index (κ3) is 2.96. The minimum absolute atomic E-state index is 0.0793. The quantitative estimate of drug-likeness (QED) is 0.561. The van der Waals surface area contributed by atoms with Crippen LogP contribution in [-0.2, 0) is 6.18 Å². The second-order valence-corrected chi connectivity index (χ2v) is 4.75. The second-order valence-electron chi connectivity index (χ2n) is 4.75. The SMILES string of the molecule is CC(=O)c1ccc(-c2cccc(C)c2F)cc1C(F)(F)F. The molecule has 21 heavy (non-hydrogen) atoms. The van der Waals surface area contributed by atoms with Gasteiger partial charge in [0.1, 0.15) is 5.82 Å². The summed E-state index contributed by atoms with van der Waals surface area (Å²) in [5, 5.41) is 0. The number of carbonyl (C=O) groups excluding carboxylic acids is 1. The molecule has 0 atom stereocenters. The molecule has 0 heterocycles. The molecule has 0 fully saturated rings. The predicted octanol–water partition coefficient (Wildman–Crippen LogP) is 5.02. The number of rotatable bonds is 2. The molecule has 0 aliphatic heterocycles. The van der Waals surface area contributed by atoms with Crippen LogP contribution in [0.25, 0.3) is 11.1 Å². The van der Waals surface area contributed by atoms with Crippen LogP contribution in [0.1, 0.15) is 28.4 Å². The van der Waals surface area contributed by atoms with Crippen LogP contribution in [0.15, 0.2) is 36.4 Å². The summed E-state index contributed by atoms with van der Waals surface area (Å²) < 4.78 is 53.1. The van der Waals surface area contributed by atoms with Crippen LogP contribution in [0.2, 0.25) is 0 Å². The van der Waals surface area contributed by atoms with Gasteiger partial charge < -0.3 is 0 Å². The average Bonchev–Trinajstić information content (AvgIpc) is 2.40. The molecule has 0 bridgehead atoms. The second kappa shape index (κ2) is 5.31. The molecular formula is C16H12F4O. The Hall–Kier alpha value is -2.17. The van der Waals surface area contributed by atoms with Crippen molar-refractivity contribution in [1.82, 2.24) is 0 Å². The maximum absolute atomic E-state index is 14.0. The minimum atomic E-state index is -4.67. The highest BCUT2D eigenvalue weighted by molar-refractivity contribution is 5.96. The van der Waals surface area contributed by atoms with E-state index in [4.69, 9.17) is 0 Å². The summed E-state index contributed by atoms with van der Waals surface area (Å²) in [6.07, 6.45) is -4.67. The Bertz CT molecular complexity index is 702. The maximum Gasteiger partial charge on any atom is 0.417 e. The topological polar surface area (TPSA) is 17.1 Å². The van der Waals surface area contributed by atoms with Gasteiger partial charge in [-0.25, -0.2) is 4.39 Å². The van der Waals surface area contributed by atoms with E-state index in [-0.39, 0.29) is 11.1 Å². The van der Waals surface area contributed by atoms with E-state index in [0.29, 0.717) is 5.56 Å².